The van der Waals surface area contributed by atoms with Crippen LogP contribution in [0.4, 0.5) is 0 Å². The van der Waals surface area contributed by atoms with Gasteiger partial charge in [-0.1, -0.05) is 11.8 Å². The Morgan fingerprint density at radius 3 is 3.10 bits per heavy atom. The Labute approximate surface area is 125 Å². The molecule has 6 heteroatoms. The second-order valence-electron chi connectivity index (χ2n) is 4.07. The Kier molecular flexibility index (Phi) is 5.30. The van der Waals surface area contributed by atoms with Crippen molar-refractivity contribution in [1.29, 1.82) is 0 Å². The van der Waals surface area contributed by atoms with Crippen molar-refractivity contribution in [1.82, 2.24) is 10.3 Å². The van der Waals surface area contributed by atoms with Crippen molar-refractivity contribution < 1.29 is 9.90 Å². The lowest BCUT2D eigenvalue weighted by atomic mass is 10.2. The highest BCUT2D eigenvalue weighted by atomic mass is 32.1. The van der Waals surface area contributed by atoms with Crippen molar-refractivity contribution in [2.45, 2.75) is 13.3 Å². The van der Waals surface area contributed by atoms with Crippen molar-refractivity contribution in [2.75, 3.05) is 13.2 Å². The summed E-state index contributed by atoms with van der Waals surface area (Å²) in [4.78, 5) is 17.6. The smallest absolute Gasteiger partial charge is 0.261 e. The van der Waals surface area contributed by atoms with Gasteiger partial charge in [0, 0.05) is 18.3 Å². The summed E-state index contributed by atoms with van der Waals surface area (Å²) >= 11 is 2.90. The first-order chi connectivity index (χ1) is 9.70. The third kappa shape index (κ3) is 3.90. The van der Waals surface area contributed by atoms with E-state index in [-0.39, 0.29) is 12.5 Å². The monoisotopic (exact) mass is 306 g/mol. The fourth-order valence-corrected chi connectivity index (χ4v) is 3.15. The molecule has 104 valence electrons. The van der Waals surface area contributed by atoms with Crippen molar-refractivity contribution >= 4 is 28.6 Å². The molecule has 0 radical (unpaired) electrons. The third-order valence-electron chi connectivity index (χ3n) is 2.57. The molecule has 0 fully saturated rings. The van der Waals surface area contributed by atoms with Crippen molar-refractivity contribution in [3.63, 3.8) is 0 Å². The third-order valence-corrected chi connectivity index (χ3v) is 4.36. The van der Waals surface area contributed by atoms with E-state index in [2.05, 4.69) is 22.1 Å². The maximum atomic E-state index is 12.0. The number of amides is 1. The molecule has 0 saturated carbocycles. The summed E-state index contributed by atoms with van der Waals surface area (Å²) in [6.07, 6.45) is 0.733. The summed E-state index contributed by atoms with van der Waals surface area (Å²) < 4.78 is 0. The molecule has 20 heavy (non-hydrogen) atoms. The predicted molar refractivity (Wildman–Crippen MR) is 81.2 cm³/mol. The number of thiophene rings is 1. The first-order valence-electron chi connectivity index (χ1n) is 6.06. The minimum absolute atomic E-state index is 0.0922. The Balaban J connectivity index is 1.92. The zero-order chi connectivity index (χ0) is 14.4. The normalized spacial score (nSPS) is 9.90. The quantitative estimate of drug-likeness (QED) is 0.847. The highest BCUT2D eigenvalue weighted by Crippen LogP contribution is 2.20. The number of nitrogens with one attached hydrogen (secondary N) is 1. The second kappa shape index (κ2) is 7.20. The second-order valence-corrected chi connectivity index (χ2v) is 5.84. The van der Waals surface area contributed by atoms with Gasteiger partial charge in [0.25, 0.3) is 5.91 Å². The van der Waals surface area contributed by atoms with Gasteiger partial charge in [-0.25, -0.2) is 4.98 Å². The van der Waals surface area contributed by atoms with E-state index in [1.807, 2.05) is 18.4 Å². The molecule has 2 aromatic heterocycles. The van der Waals surface area contributed by atoms with Gasteiger partial charge in [0.05, 0.1) is 21.0 Å². The van der Waals surface area contributed by atoms with Gasteiger partial charge < -0.3 is 10.4 Å². The number of aliphatic hydroxyl groups is 1. The number of nitrogens with zero attached hydrogens (tertiary/aromatic N) is 1. The number of rotatable bonds is 4. The van der Waals surface area contributed by atoms with Crippen LogP contribution >= 0.6 is 22.7 Å². The summed E-state index contributed by atoms with van der Waals surface area (Å²) in [6.45, 7) is 2.30. The van der Waals surface area contributed by atoms with Crippen LogP contribution in [0, 0.1) is 18.8 Å². The van der Waals surface area contributed by atoms with E-state index in [0.29, 0.717) is 11.4 Å². The predicted octanol–water partition coefficient (Wildman–Crippen LogP) is 1.83. The number of aliphatic hydroxyl groups excluding tert-OH is 1. The Hall–Kier alpha value is -1.68. The minimum Gasteiger partial charge on any atom is -0.384 e. The average Bonchev–Trinajstić information content (AvgIpc) is 3.06. The van der Waals surface area contributed by atoms with Gasteiger partial charge in [0.15, 0.2) is 0 Å². The summed E-state index contributed by atoms with van der Waals surface area (Å²) in [6, 6.07) is 1.82. The van der Waals surface area contributed by atoms with Gasteiger partial charge in [-0.15, -0.1) is 22.7 Å². The summed E-state index contributed by atoms with van der Waals surface area (Å²) in [7, 11) is 0. The molecule has 0 aromatic carbocycles. The number of thiazole rings is 1. The van der Waals surface area contributed by atoms with Gasteiger partial charge in [-0.2, -0.15) is 0 Å². The molecule has 4 nitrogen and oxygen atoms in total. The molecule has 0 aliphatic rings. The molecular weight excluding hydrogens is 292 g/mol. The van der Waals surface area contributed by atoms with Crippen LogP contribution in [0.15, 0.2) is 17.0 Å². The van der Waals surface area contributed by atoms with E-state index < -0.39 is 0 Å². The molecule has 2 heterocycles. The van der Waals surface area contributed by atoms with Gasteiger partial charge in [0.2, 0.25) is 0 Å². The number of hydrogen-bond donors (Lipinski definition) is 2. The van der Waals surface area contributed by atoms with Crippen LogP contribution < -0.4 is 5.32 Å². The van der Waals surface area contributed by atoms with Crippen molar-refractivity contribution in [3.8, 4) is 11.8 Å². The molecule has 2 rings (SSSR count). The number of carbonyl (C=O) groups excluding carboxylic acids is 1. The molecule has 0 aliphatic carbocycles. The molecule has 0 bridgehead atoms. The van der Waals surface area contributed by atoms with Crippen molar-refractivity contribution in [2.24, 2.45) is 0 Å². The van der Waals surface area contributed by atoms with E-state index in [1.54, 1.807) is 16.8 Å². The van der Waals surface area contributed by atoms with Crippen LogP contribution in [0.25, 0.3) is 0 Å². The molecule has 0 unspecified atom stereocenters. The van der Waals surface area contributed by atoms with E-state index in [9.17, 15) is 4.79 Å². The summed E-state index contributed by atoms with van der Waals surface area (Å²) in [5.41, 5.74) is 3.74. The number of aromatic nitrogens is 1. The standard InChI is InChI=1S/C14H14N2O2S2/c1-10-7-13(20-12(10)3-2-6-17)14(18)15-5-4-11-8-19-9-16-11/h7-9,17H,4-6H2,1H3,(H,15,18). The Bertz CT molecular complexity index is 636. The Morgan fingerprint density at radius 1 is 1.55 bits per heavy atom. The lowest BCUT2D eigenvalue weighted by Gasteiger charge is -2.01. The highest BCUT2D eigenvalue weighted by Gasteiger charge is 2.11. The summed E-state index contributed by atoms with van der Waals surface area (Å²) in [5.74, 6) is 5.35. The average molecular weight is 306 g/mol. The van der Waals surface area contributed by atoms with Crippen molar-refractivity contribution in [3.05, 3.63) is 38.0 Å². The maximum absolute atomic E-state index is 12.0. The lowest BCUT2D eigenvalue weighted by Crippen LogP contribution is -2.24. The number of hydrogen-bond acceptors (Lipinski definition) is 5. The molecule has 0 atom stereocenters. The topological polar surface area (TPSA) is 62.2 Å². The zero-order valence-electron chi connectivity index (χ0n) is 11.0. The molecule has 0 aliphatic heterocycles. The van der Waals surface area contributed by atoms with Crippen LogP contribution in [0.1, 0.15) is 25.8 Å². The first kappa shape index (κ1) is 14.7. The fraction of sp³-hybridized carbons (Fsp3) is 0.286. The van der Waals surface area contributed by atoms with E-state index in [1.165, 1.54) is 11.3 Å². The lowest BCUT2D eigenvalue weighted by molar-refractivity contribution is 0.0958. The molecule has 2 aromatic rings. The van der Waals surface area contributed by atoms with E-state index >= 15 is 0 Å². The van der Waals surface area contributed by atoms with Crippen LogP contribution in [0.2, 0.25) is 0 Å². The molecule has 2 N–H and O–H groups in total. The van der Waals surface area contributed by atoms with E-state index in [0.717, 1.165) is 22.6 Å². The maximum Gasteiger partial charge on any atom is 0.261 e. The summed E-state index contributed by atoms with van der Waals surface area (Å²) in [5, 5.41) is 13.5. The van der Waals surface area contributed by atoms with Gasteiger partial charge in [-0.05, 0) is 18.6 Å². The Morgan fingerprint density at radius 2 is 2.40 bits per heavy atom. The minimum atomic E-state index is -0.174. The largest absolute Gasteiger partial charge is 0.384 e. The SMILES string of the molecule is Cc1cc(C(=O)NCCc2cscn2)sc1C#CCO. The van der Waals surface area contributed by atoms with E-state index in [4.69, 9.17) is 5.11 Å². The van der Waals surface area contributed by atoms with Crippen LogP contribution in [-0.4, -0.2) is 29.1 Å². The first-order valence-corrected chi connectivity index (χ1v) is 7.82. The zero-order valence-corrected chi connectivity index (χ0v) is 12.6. The molecule has 1 amide bonds. The van der Waals surface area contributed by atoms with Gasteiger partial charge in [0.1, 0.15) is 6.61 Å². The molecule has 0 spiro atoms. The fourth-order valence-electron chi connectivity index (χ4n) is 1.59. The van der Waals surface area contributed by atoms with Crippen LogP contribution in [-0.2, 0) is 6.42 Å². The van der Waals surface area contributed by atoms with Crippen LogP contribution in [0.5, 0.6) is 0 Å². The van der Waals surface area contributed by atoms with Gasteiger partial charge >= 0.3 is 0 Å². The van der Waals surface area contributed by atoms with Gasteiger partial charge in [-0.3, -0.25) is 4.79 Å². The number of aryl methyl sites for hydroxylation is 1. The molecule has 0 saturated heterocycles. The number of carbonyl (C=O) groups is 1. The molecular formula is C14H14N2O2S2. The van der Waals surface area contributed by atoms with Crippen LogP contribution in [0.3, 0.4) is 0 Å². The highest BCUT2D eigenvalue weighted by molar-refractivity contribution is 7.14.